The van der Waals surface area contributed by atoms with Gasteiger partial charge < -0.3 is 15.3 Å². The lowest BCUT2D eigenvalue weighted by Gasteiger charge is -2.25. The Balaban J connectivity index is 2.48. The van der Waals surface area contributed by atoms with E-state index in [9.17, 15) is 9.59 Å². The number of rotatable bonds is 4. The smallest absolute Gasteiger partial charge is 0.326 e. The van der Waals surface area contributed by atoms with E-state index in [1.54, 1.807) is 6.92 Å². The minimum Gasteiger partial charge on any atom is -0.480 e. The molecule has 17 heavy (non-hydrogen) atoms. The molecule has 2 N–H and O–H groups in total. The molecule has 2 amide bonds. The summed E-state index contributed by atoms with van der Waals surface area (Å²) in [6.07, 6.45) is 3.53. The van der Waals surface area contributed by atoms with Crippen molar-refractivity contribution in [2.75, 3.05) is 7.05 Å². The van der Waals surface area contributed by atoms with E-state index in [1.165, 1.54) is 11.9 Å². The van der Waals surface area contributed by atoms with Gasteiger partial charge in [-0.05, 0) is 31.6 Å². The second kappa shape index (κ2) is 5.89. The summed E-state index contributed by atoms with van der Waals surface area (Å²) in [7, 11) is 1.54. The first-order valence-corrected chi connectivity index (χ1v) is 6.21. The Bertz CT molecular complexity index is 293. The molecule has 1 rings (SSSR count). The standard InChI is InChI=1S/C12H22N2O3/c1-4-10(11(15)16)14(3)12(17)13-9-6-5-8(2)7-9/h8-10H,4-7H2,1-3H3,(H,13,17)(H,15,16). The topological polar surface area (TPSA) is 69.6 Å². The number of amides is 2. The fraction of sp³-hybridized carbons (Fsp3) is 0.833. The molecule has 0 aromatic carbocycles. The van der Waals surface area contributed by atoms with Crippen LogP contribution in [0.25, 0.3) is 0 Å². The van der Waals surface area contributed by atoms with Gasteiger partial charge in [-0.3, -0.25) is 0 Å². The Morgan fingerprint density at radius 2 is 2.12 bits per heavy atom. The van der Waals surface area contributed by atoms with Gasteiger partial charge in [-0.25, -0.2) is 9.59 Å². The molecule has 1 aliphatic carbocycles. The van der Waals surface area contributed by atoms with Crippen LogP contribution in [0.15, 0.2) is 0 Å². The lowest BCUT2D eigenvalue weighted by molar-refractivity contribution is -0.141. The van der Waals surface area contributed by atoms with Crippen LogP contribution in [-0.2, 0) is 4.79 Å². The van der Waals surface area contributed by atoms with Crippen molar-refractivity contribution in [3.8, 4) is 0 Å². The van der Waals surface area contributed by atoms with Crippen LogP contribution in [0.1, 0.15) is 39.5 Å². The molecule has 3 unspecified atom stereocenters. The van der Waals surface area contributed by atoms with Gasteiger partial charge >= 0.3 is 12.0 Å². The average Bonchev–Trinajstić information content (AvgIpc) is 2.64. The summed E-state index contributed by atoms with van der Waals surface area (Å²) in [6.45, 7) is 3.93. The van der Waals surface area contributed by atoms with E-state index in [-0.39, 0.29) is 12.1 Å². The van der Waals surface area contributed by atoms with Crippen LogP contribution in [0.4, 0.5) is 4.79 Å². The van der Waals surface area contributed by atoms with Crippen molar-refractivity contribution < 1.29 is 14.7 Å². The zero-order valence-corrected chi connectivity index (χ0v) is 10.8. The summed E-state index contributed by atoms with van der Waals surface area (Å²) in [5.41, 5.74) is 0. The van der Waals surface area contributed by atoms with Crippen molar-refractivity contribution in [2.24, 2.45) is 5.92 Å². The van der Waals surface area contributed by atoms with E-state index >= 15 is 0 Å². The van der Waals surface area contributed by atoms with E-state index in [2.05, 4.69) is 12.2 Å². The van der Waals surface area contributed by atoms with Crippen LogP contribution in [0, 0.1) is 5.92 Å². The highest BCUT2D eigenvalue weighted by molar-refractivity contribution is 5.82. The number of carbonyl (C=O) groups is 2. The Kier molecular flexibility index (Phi) is 4.78. The highest BCUT2D eigenvalue weighted by atomic mass is 16.4. The molecule has 0 heterocycles. The zero-order chi connectivity index (χ0) is 13.0. The molecule has 0 aliphatic heterocycles. The molecule has 3 atom stereocenters. The van der Waals surface area contributed by atoms with Gasteiger partial charge in [-0.1, -0.05) is 13.8 Å². The maximum absolute atomic E-state index is 11.9. The van der Waals surface area contributed by atoms with Crippen molar-refractivity contribution in [1.29, 1.82) is 0 Å². The second-order valence-corrected chi connectivity index (χ2v) is 4.94. The quantitative estimate of drug-likeness (QED) is 0.788. The van der Waals surface area contributed by atoms with Gasteiger partial charge in [0.15, 0.2) is 0 Å². The van der Waals surface area contributed by atoms with E-state index in [0.29, 0.717) is 12.3 Å². The highest BCUT2D eigenvalue weighted by Gasteiger charge is 2.28. The van der Waals surface area contributed by atoms with Crippen molar-refractivity contribution in [3.63, 3.8) is 0 Å². The summed E-state index contributed by atoms with van der Waals surface area (Å²) < 4.78 is 0. The number of nitrogens with one attached hydrogen (secondary N) is 1. The maximum Gasteiger partial charge on any atom is 0.326 e. The molecule has 0 bridgehead atoms. The molecule has 0 saturated heterocycles. The molecule has 1 fully saturated rings. The number of nitrogens with zero attached hydrogens (tertiary/aromatic N) is 1. The number of carboxylic acid groups (broad SMARTS) is 1. The summed E-state index contributed by atoms with van der Waals surface area (Å²) in [4.78, 5) is 24.1. The van der Waals surface area contributed by atoms with Gasteiger partial charge in [-0.2, -0.15) is 0 Å². The molecular weight excluding hydrogens is 220 g/mol. The third-order valence-electron chi connectivity index (χ3n) is 3.48. The summed E-state index contributed by atoms with van der Waals surface area (Å²) in [6, 6.07) is -0.821. The Morgan fingerprint density at radius 1 is 1.47 bits per heavy atom. The van der Waals surface area contributed by atoms with Crippen molar-refractivity contribution in [1.82, 2.24) is 10.2 Å². The molecule has 0 aromatic heterocycles. The first-order chi connectivity index (χ1) is 7.95. The summed E-state index contributed by atoms with van der Waals surface area (Å²) in [5.74, 6) is -0.308. The number of likely N-dealkylation sites (N-methyl/N-ethyl adjacent to an activating group) is 1. The SMILES string of the molecule is CCC(C(=O)O)N(C)C(=O)NC1CCC(C)C1. The molecule has 5 heteroatoms. The molecular formula is C12H22N2O3. The first-order valence-electron chi connectivity index (χ1n) is 6.21. The summed E-state index contributed by atoms with van der Waals surface area (Å²) >= 11 is 0. The van der Waals surface area contributed by atoms with Crippen molar-refractivity contribution in [2.45, 2.75) is 51.6 Å². The van der Waals surface area contributed by atoms with Gasteiger partial charge in [0.05, 0.1) is 0 Å². The van der Waals surface area contributed by atoms with E-state index in [1.807, 2.05) is 0 Å². The number of carbonyl (C=O) groups excluding carboxylic acids is 1. The highest BCUT2D eigenvalue weighted by Crippen LogP contribution is 2.24. The molecule has 1 saturated carbocycles. The minimum absolute atomic E-state index is 0.200. The fourth-order valence-corrected chi connectivity index (χ4v) is 2.37. The number of carboxylic acids is 1. The van der Waals surface area contributed by atoms with Crippen LogP contribution < -0.4 is 5.32 Å². The lowest BCUT2D eigenvalue weighted by atomic mass is 10.1. The van der Waals surface area contributed by atoms with Gasteiger partial charge in [0.25, 0.3) is 0 Å². The average molecular weight is 242 g/mol. The van der Waals surface area contributed by atoms with Gasteiger partial charge in [-0.15, -0.1) is 0 Å². The number of urea groups is 1. The van der Waals surface area contributed by atoms with Crippen LogP contribution >= 0.6 is 0 Å². The van der Waals surface area contributed by atoms with E-state index < -0.39 is 12.0 Å². The molecule has 0 radical (unpaired) electrons. The Morgan fingerprint density at radius 3 is 2.53 bits per heavy atom. The second-order valence-electron chi connectivity index (χ2n) is 4.94. The van der Waals surface area contributed by atoms with Gasteiger partial charge in [0, 0.05) is 13.1 Å². The normalized spacial score (nSPS) is 25.4. The van der Waals surface area contributed by atoms with Crippen LogP contribution in [0.2, 0.25) is 0 Å². The largest absolute Gasteiger partial charge is 0.480 e. The lowest BCUT2D eigenvalue weighted by Crippen LogP contribution is -2.49. The van der Waals surface area contributed by atoms with E-state index in [4.69, 9.17) is 5.11 Å². The van der Waals surface area contributed by atoms with Crippen molar-refractivity contribution >= 4 is 12.0 Å². The third kappa shape index (κ3) is 3.61. The molecule has 0 spiro atoms. The van der Waals surface area contributed by atoms with Crippen LogP contribution in [0.3, 0.4) is 0 Å². The molecule has 5 nitrogen and oxygen atoms in total. The first kappa shape index (κ1) is 13.8. The number of aliphatic carboxylic acids is 1. The van der Waals surface area contributed by atoms with Crippen molar-refractivity contribution in [3.05, 3.63) is 0 Å². The summed E-state index contributed by atoms with van der Waals surface area (Å²) in [5, 5.41) is 11.9. The van der Waals surface area contributed by atoms with E-state index in [0.717, 1.165) is 19.3 Å². The number of hydrogen-bond donors (Lipinski definition) is 2. The maximum atomic E-state index is 11.9. The predicted octanol–water partition coefficient (Wildman–Crippen LogP) is 1.68. The Labute approximate surface area is 102 Å². The minimum atomic E-state index is -0.954. The molecule has 0 aromatic rings. The van der Waals surface area contributed by atoms with Gasteiger partial charge in [0.2, 0.25) is 0 Å². The monoisotopic (exact) mass is 242 g/mol. The molecule has 1 aliphatic rings. The third-order valence-corrected chi connectivity index (χ3v) is 3.48. The zero-order valence-electron chi connectivity index (χ0n) is 10.8. The van der Waals surface area contributed by atoms with Gasteiger partial charge in [0.1, 0.15) is 6.04 Å². The fourth-order valence-electron chi connectivity index (χ4n) is 2.37. The molecule has 98 valence electrons. The Hall–Kier alpha value is -1.26. The van der Waals surface area contributed by atoms with Crippen LogP contribution in [-0.4, -0.2) is 41.1 Å². The number of hydrogen-bond acceptors (Lipinski definition) is 2. The predicted molar refractivity (Wildman–Crippen MR) is 64.8 cm³/mol. The van der Waals surface area contributed by atoms with Crippen LogP contribution in [0.5, 0.6) is 0 Å².